The van der Waals surface area contributed by atoms with E-state index in [1.165, 1.54) is 11.1 Å². The minimum Gasteiger partial charge on any atom is -0.369 e. The molecule has 0 fully saturated rings. The summed E-state index contributed by atoms with van der Waals surface area (Å²) in [6.45, 7) is 0. The van der Waals surface area contributed by atoms with Crippen molar-refractivity contribution in [3.63, 3.8) is 0 Å². The number of benzene rings is 2. The minimum atomic E-state index is 0.132. The second-order valence-corrected chi connectivity index (χ2v) is 4.48. The van der Waals surface area contributed by atoms with Crippen molar-refractivity contribution in [3.05, 3.63) is 83.7 Å². The quantitative estimate of drug-likeness (QED) is 0.749. The Morgan fingerprint density at radius 3 is 1.79 bits per heavy atom. The van der Waals surface area contributed by atoms with Crippen LogP contribution in [0, 0.1) is 0 Å². The van der Waals surface area contributed by atoms with Gasteiger partial charge in [0.1, 0.15) is 0 Å². The van der Waals surface area contributed by atoms with E-state index < -0.39 is 0 Å². The van der Waals surface area contributed by atoms with Gasteiger partial charge < -0.3 is 10.7 Å². The van der Waals surface area contributed by atoms with Gasteiger partial charge in [-0.1, -0.05) is 60.7 Å². The average molecular weight is 249 g/mol. The highest BCUT2D eigenvalue weighted by Gasteiger charge is 2.18. The minimum absolute atomic E-state index is 0.132. The standard InChI is InChI=1S/C16H15N3/c17-16-18-11-14(19-16)15(12-7-3-1-4-8-12)13-9-5-2-6-10-13/h1-11,15H,(H3,17,18,19). The molecule has 0 aliphatic carbocycles. The predicted octanol–water partition coefficient (Wildman–Crippen LogP) is 3.17. The van der Waals surface area contributed by atoms with E-state index >= 15 is 0 Å². The van der Waals surface area contributed by atoms with Crippen molar-refractivity contribution < 1.29 is 0 Å². The Hall–Kier alpha value is -2.55. The number of H-pyrrole nitrogens is 1. The number of nitrogen functional groups attached to an aromatic ring is 1. The molecule has 0 saturated heterocycles. The molecule has 0 saturated carbocycles. The Morgan fingerprint density at radius 1 is 0.842 bits per heavy atom. The Balaban J connectivity index is 2.11. The molecule has 3 aromatic rings. The zero-order valence-electron chi connectivity index (χ0n) is 10.5. The van der Waals surface area contributed by atoms with Crippen molar-refractivity contribution in [3.8, 4) is 0 Å². The zero-order valence-corrected chi connectivity index (χ0v) is 10.5. The number of nitrogens with one attached hydrogen (secondary N) is 1. The molecule has 2 aromatic carbocycles. The highest BCUT2D eigenvalue weighted by molar-refractivity contribution is 5.41. The van der Waals surface area contributed by atoms with Crippen LogP contribution in [0.2, 0.25) is 0 Å². The van der Waals surface area contributed by atoms with Crippen LogP contribution < -0.4 is 5.73 Å². The molecule has 0 aliphatic heterocycles. The SMILES string of the molecule is Nc1ncc(C(c2ccccc2)c2ccccc2)[nH]1. The molecule has 3 N–H and O–H groups in total. The van der Waals surface area contributed by atoms with Crippen molar-refractivity contribution in [1.29, 1.82) is 0 Å². The van der Waals surface area contributed by atoms with E-state index in [-0.39, 0.29) is 5.92 Å². The normalized spacial score (nSPS) is 10.8. The molecule has 3 nitrogen and oxygen atoms in total. The molecule has 0 spiro atoms. The van der Waals surface area contributed by atoms with Crippen LogP contribution in [-0.2, 0) is 0 Å². The largest absolute Gasteiger partial charge is 0.369 e. The van der Waals surface area contributed by atoms with Crippen LogP contribution in [0.4, 0.5) is 5.95 Å². The lowest BCUT2D eigenvalue weighted by atomic mass is 9.89. The first kappa shape index (κ1) is 11.5. The third-order valence-electron chi connectivity index (χ3n) is 3.19. The Kier molecular flexibility index (Phi) is 3.02. The first-order valence-corrected chi connectivity index (χ1v) is 6.25. The van der Waals surface area contributed by atoms with E-state index in [0.717, 1.165) is 5.69 Å². The molecule has 0 atom stereocenters. The number of anilines is 1. The van der Waals surface area contributed by atoms with Gasteiger partial charge in [0, 0.05) is 5.69 Å². The highest BCUT2D eigenvalue weighted by atomic mass is 15.0. The lowest BCUT2D eigenvalue weighted by Gasteiger charge is -2.16. The van der Waals surface area contributed by atoms with Crippen LogP contribution in [0.25, 0.3) is 0 Å². The molecule has 0 unspecified atom stereocenters. The average Bonchev–Trinajstić information content (AvgIpc) is 2.88. The summed E-state index contributed by atoms with van der Waals surface area (Å²) < 4.78 is 0. The summed E-state index contributed by atoms with van der Waals surface area (Å²) in [4.78, 5) is 7.25. The van der Waals surface area contributed by atoms with Crippen molar-refractivity contribution in [2.45, 2.75) is 5.92 Å². The number of nitrogens with two attached hydrogens (primary N) is 1. The summed E-state index contributed by atoms with van der Waals surface area (Å²) in [5, 5.41) is 0. The maximum atomic E-state index is 5.71. The van der Waals surface area contributed by atoms with Gasteiger partial charge in [0.2, 0.25) is 0 Å². The van der Waals surface area contributed by atoms with Gasteiger partial charge in [-0.3, -0.25) is 0 Å². The first-order chi connectivity index (χ1) is 9.34. The number of imidazole rings is 1. The van der Waals surface area contributed by atoms with Crippen LogP contribution in [0.15, 0.2) is 66.9 Å². The molecule has 0 amide bonds. The molecule has 3 heteroatoms. The van der Waals surface area contributed by atoms with E-state index in [2.05, 4.69) is 34.2 Å². The number of hydrogen-bond acceptors (Lipinski definition) is 2. The second kappa shape index (κ2) is 4.98. The van der Waals surface area contributed by atoms with Crippen LogP contribution >= 0.6 is 0 Å². The van der Waals surface area contributed by atoms with Gasteiger partial charge in [-0.15, -0.1) is 0 Å². The van der Waals surface area contributed by atoms with Gasteiger partial charge in [0.05, 0.1) is 12.1 Å². The molecular weight excluding hydrogens is 234 g/mol. The fourth-order valence-corrected chi connectivity index (χ4v) is 2.34. The highest BCUT2D eigenvalue weighted by Crippen LogP contribution is 2.30. The monoisotopic (exact) mass is 249 g/mol. The van der Waals surface area contributed by atoms with Crippen LogP contribution in [0.1, 0.15) is 22.7 Å². The molecule has 94 valence electrons. The van der Waals surface area contributed by atoms with Gasteiger partial charge in [-0.25, -0.2) is 4.98 Å². The fraction of sp³-hybridized carbons (Fsp3) is 0.0625. The summed E-state index contributed by atoms with van der Waals surface area (Å²) in [5.74, 6) is 0.582. The van der Waals surface area contributed by atoms with Gasteiger partial charge in [-0.05, 0) is 11.1 Å². The molecule has 0 bridgehead atoms. The van der Waals surface area contributed by atoms with E-state index in [1.807, 2.05) is 36.4 Å². The lowest BCUT2D eigenvalue weighted by Crippen LogP contribution is -2.03. The van der Waals surface area contributed by atoms with E-state index in [0.29, 0.717) is 5.95 Å². The molecule has 1 aromatic heterocycles. The Morgan fingerprint density at radius 2 is 1.37 bits per heavy atom. The number of aromatic nitrogens is 2. The molecule has 0 radical (unpaired) electrons. The smallest absolute Gasteiger partial charge is 0.197 e. The summed E-state index contributed by atoms with van der Waals surface area (Å²) >= 11 is 0. The third-order valence-corrected chi connectivity index (χ3v) is 3.19. The van der Waals surface area contributed by atoms with Crippen molar-refractivity contribution in [2.24, 2.45) is 0 Å². The summed E-state index contributed by atoms with van der Waals surface area (Å²) in [6, 6.07) is 20.7. The van der Waals surface area contributed by atoms with Gasteiger partial charge >= 0.3 is 0 Å². The predicted molar refractivity (Wildman–Crippen MR) is 76.8 cm³/mol. The van der Waals surface area contributed by atoms with Gasteiger partial charge in [0.15, 0.2) is 5.95 Å². The molecule has 1 heterocycles. The number of rotatable bonds is 3. The van der Waals surface area contributed by atoms with Crippen LogP contribution in [0.3, 0.4) is 0 Å². The van der Waals surface area contributed by atoms with Crippen LogP contribution in [-0.4, -0.2) is 9.97 Å². The van der Waals surface area contributed by atoms with Crippen molar-refractivity contribution in [1.82, 2.24) is 9.97 Å². The Bertz CT molecular complexity index is 605. The topological polar surface area (TPSA) is 54.7 Å². The maximum absolute atomic E-state index is 5.71. The molecule has 0 aliphatic rings. The number of hydrogen-bond donors (Lipinski definition) is 2. The summed E-state index contributed by atoms with van der Waals surface area (Å²) in [6.07, 6.45) is 1.81. The molecule has 19 heavy (non-hydrogen) atoms. The number of nitrogens with zero attached hydrogens (tertiary/aromatic N) is 1. The molecular formula is C16H15N3. The van der Waals surface area contributed by atoms with E-state index in [1.54, 1.807) is 6.20 Å². The van der Waals surface area contributed by atoms with Crippen LogP contribution in [0.5, 0.6) is 0 Å². The van der Waals surface area contributed by atoms with Crippen molar-refractivity contribution in [2.75, 3.05) is 5.73 Å². The van der Waals surface area contributed by atoms with E-state index in [4.69, 9.17) is 5.73 Å². The summed E-state index contributed by atoms with van der Waals surface area (Å²) in [7, 11) is 0. The van der Waals surface area contributed by atoms with Gasteiger partial charge in [-0.2, -0.15) is 0 Å². The maximum Gasteiger partial charge on any atom is 0.197 e. The van der Waals surface area contributed by atoms with E-state index in [9.17, 15) is 0 Å². The van der Waals surface area contributed by atoms with Gasteiger partial charge in [0.25, 0.3) is 0 Å². The summed E-state index contributed by atoms with van der Waals surface area (Å²) in [5.41, 5.74) is 9.15. The Labute approximate surface area is 112 Å². The number of aromatic amines is 1. The molecule has 3 rings (SSSR count). The zero-order chi connectivity index (χ0) is 13.1. The third kappa shape index (κ3) is 2.36. The fourth-order valence-electron chi connectivity index (χ4n) is 2.34. The lowest BCUT2D eigenvalue weighted by molar-refractivity contribution is 0.934. The first-order valence-electron chi connectivity index (χ1n) is 6.25. The second-order valence-electron chi connectivity index (χ2n) is 4.48. The van der Waals surface area contributed by atoms with Crippen molar-refractivity contribution >= 4 is 5.95 Å².